The van der Waals surface area contributed by atoms with E-state index < -0.39 is 0 Å². The van der Waals surface area contributed by atoms with E-state index in [0.717, 1.165) is 11.4 Å². The minimum atomic E-state index is 0.450. The third-order valence-electron chi connectivity index (χ3n) is 1.74. The lowest BCUT2D eigenvalue weighted by Crippen LogP contribution is -1.90. The predicted molar refractivity (Wildman–Crippen MR) is 61.8 cm³/mol. The molecule has 0 unspecified atom stereocenters. The van der Waals surface area contributed by atoms with Crippen LogP contribution in [0.25, 0.3) is 11.4 Å². The van der Waals surface area contributed by atoms with Crippen LogP contribution in [0, 0.1) is 0 Å². The van der Waals surface area contributed by atoms with E-state index in [1.807, 2.05) is 24.3 Å². The third-order valence-corrected chi connectivity index (χ3v) is 2.64. The second-order valence-corrected chi connectivity index (χ2v) is 4.22. The van der Waals surface area contributed by atoms with Gasteiger partial charge >= 0.3 is 0 Å². The van der Waals surface area contributed by atoms with Crippen molar-refractivity contribution < 1.29 is 0 Å². The van der Waals surface area contributed by atoms with Gasteiger partial charge in [0.1, 0.15) is 0 Å². The van der Waals surface area contributed by atoms with Crippen LogP contribution in [0.4, 0.5) is 0 Å². The van der Waals surface area contributed by atoms with Crippen molar-refractivity contribution in [1.82, 2.24) is 15.0 Å². The molecular weight excluding hydrogens is 230 g/mol. The number of pyridine rings is 1. The van der Waals surface area contributed by atoms with Crippen molar-refractivity contribution >= 4 is 23.4 Å². The quantitative estimate of drug-likeness (QED) is 0.468. The first-order valence-corrected chi connectivity index (χ1v) is 5.85. The van der Waals surface area contributed by atoms with E-state index in [-0.39, 0.29) is 0 Å². The summed E-state index contributed by atoms with van der Waals surface area (Å²) in [5, 5.41) is 1.12. The van der Waals surface area contributed by atoms with Crippen molar-refractivity contribution in [1.29, 1.82) is 0 Å². The molecule has 2 heterocycles. The lowest BCUT2D eigenvalue weighted by atomic mass is 10.3. The molecule has 0 N–H and O–H groups in total. The summed E-state index contributed by atoms with van der Waals surface area (Å²) in [6.07, 6.45) is 3.46. The van der Waals surface area contributed by atoms with Crippen LogP contribution < -0.4 is 0 Å². The number of nitrogens with zero attached hydrogens (tertiary/aromatic N) is 3. The van der Waals surface area contributed by atoms with Crippen LogP contribution in [-0.4, -0.2) is 20.2 Å². The highest BCUT2D eigenvalue weighted by molar-refractivity contribution is 8.00. The predicted octanol–water partition coefficient (Wildman–Crippen LogP) is 2.83. The minimum absolute atomic E-state index is 0.450. The minimum Gasteiger partial charge on any atom is -0.255 e. The van der Waals surface area contributed by atoms with Gasteiger partial charge in [0, 0.05) is 12.4 Å². The first kappa shape index (κ1) is 10.4. The number of halogens is 1. The molecule has 2 rings (SSSR count). The first-order chi connectivity index (χ1) is 7.40. The summed E-state index contributed by atoms with van der Waals surface area (Å²) in [6.45, 7) is 0. The maximum absolute atomic E-state index is 5.60. The number of hydrogen-bond donors (Lipinski definition) is 0. The molecule has 5 heteroatoms. The second-order valence-electron chi connectivity index (χ2n) is 2.69. The van der Waals surface area contributed by atoms with Gasteiger partial charge in [-0.25, -0.2) is 9.97 Å². The third kappa shape index (κ3) is 2.67. The molecule has 0 saturated heterocycles. The zero-order valence-corrected chi connectivity index (χ0v) is 9.37. The fourth-order valence-corrected chi connectivity index (χ4v) is 1.80. The van der Waals surface area contributed by atoms with Gasteiger partial charge < -0.3 is 0 Å². The Hall–Kier alpha value is -1.13. The molecule has 2 aromatic heterocycles. The Morgan fingerprint density at radius 1 is 1.07 bits per heavy atom. The summed E-state index contributed by atoms with van der Waals surface area (Å²) in [4.78, 5) is 12.6. The highest BCUT2D eigenvalue weighted by Gasteiger charge is 2.02. The zero-order valence-electron chi connectivity index (χ0n) is 7.80. The SMILES string of the molecule is ClCSc1nccc(-c2ccccn2)n1. The van der Waals surface area contributed by atoms with Crippen molar-refractivity contribution in [3.8, 4) is 11.4 Å². The number of hydrogen-bond acceptors (Lipinski definition) is 4. The van der Waals surface area contributed by atoms with Gasteiger partial charge in [-0.1, -0.05) is 17.8 Å². The zero-order chi connectivity index (χ0) is 10.5. The van der Waals surface area contributed by atoms with E-state index in [1.54, 1.807) is 12.4 Å². The Labute approximate surface area is 96.9 Å². The van der Waals surface area contributed by atoms with E-state index in [9.17, 15) is 0 Å². The molecule has 0 aromatic carbocycles. The van der Waals surface area contributed by atoms with Gasteiger partial charge in [-0.05, 0) is 18.2 Å². The maximum atomic E-state index is 5.60. The standard InChI is InChI=1S/C10H8ClN3S/c11-7-15-10-13-6-4-9(14-10)8-3-1-2-5-12-8/h1-6H,7H2. The normalized spacial score (nSPS) is 10.2. The van der Waals surface area contributed by atoms with Gasteiger partial charge in [0.05, 0.1) is 16.6 Å². The number of thioether (sulfide) groups is 1. The van der Waals surface area contributed by atoms with Crippen LogP contribution >= 0.6 is 23.4 Å². The van der Waals surface area contributed by atoms with Crippen LogP contribution in [0.1, 0.15) is 0 Å². The molecule has 3 nitrogen and oxygen atoms in total. The van der Waals surface area contributed by atoms with Crippen LogP contribution in [0.5, 0.6) is 0 Å². The number of rotatable bonds is 3. The molecular formula is C10H8ClN3S. The van der Waals surface area contributed by atoms with E-state index in [2.05, 4.69) is 15.0 Å². The van der Waals surface area contributed by atoms with Crippen molar-refractivity contribution in [2.45, 2.75) is 5.16 Å². The maximum Gasteiger partial charge on any atom is 0.189 e. The molecule has 0 amide bonds. The molecule has 0 radical (unpaired) electrons. The van der Waals surface area contributed by atoms with Gasteiger partial charge in [0.25, 0.3) is 0 Å². The number of alkyl halides is 1. The summed E-state index contributed by atoms with van der Waals surface area (Å²) in [5.74, 6) is 0. The summed E-state index contributed by atoms with van der Waals surface area (Å²) >= 11 is 7.00. The van der Waals surface area contributed by atoms with Crippen LogP contribution in [0.2, 0.25) is 0 Å². The molecule has 15 heavy (non-hydrogen) atoms. The smallest absolute Gasteiger partial charge is 0.189 e. The highest BCUT2D eigenvalue weighted by atomic mass is 35.5. The average Bonchev–Trinajstić information content (AvgIpc) is 2.31. The second kappa shape index (κ2) is 5.09. The van der Waals surface area contributed by atoms with E-state index in [4.69, 9.17) is 11.6 Å². The Bertz CT molecular complexity index is 436. The van der Waals surface area contributed by atoms with Crippen molar-refractivity contribution in [3.05, 3.63) is 36.7 Å². The molecule has 0 spiro atoms. The average molecular weight is 238 g/mol. The highest BCUT2D eigenvalue weighted by Crippen LogP contribution is 2.18. The summed E-state index contributed by atoms with van der Waals surface area (Å²) in [5.41, 5.74) is 1.66. The fraction of sp³-hybridized carbons (Fsp3) is 0.100. The molecule has 76 valence electrons. The van der Waals surface area contributed by atoms with Crippen molar-refractivity contribution in [3.63, 3.8) is 0 Å². The van der Waals surface area contributed by atoms with Gasteiger partial charge in [0.15, 0.2) is 5.16 Å². The summed E-state index contributed by atoms with van der Waals surface area (Å²) in [7, 11) is 0. The molecule has 0 aliphatic carbocycles. The largest absolute Gasteiger partial charge is 0.255 e. The van der Waals surface area contributed by atoms with Crippen LogP contribution in [0.15, 0.2) is 41.8 Å². The molecule has 0 aliphatic heterocycles. The van der Waals surface area contributed by atoms with E-state index in [0.29, 0.717) is 10.4 Å². The van der Waals surface area contributed by atoms with Gasteiger partial charge in [-0.15, -0.1) is 11.6 Å². The number of aromatic nitrogens is 3. The molecule has 0 atom stereocenters. The van der Waals surface area contributed by atoms with Crippen molar-refractivity contribution in [2.24, 2.45) is 0 Å². The van der Waals surface area contributed by atoms with Gasteiger partial charge in [-0.3, -0.25) is 4.98 Å². The van der Waals surface area contributed by atoms with Gasteiger partial charge in [0.2, 0.25) is 0 Å². The van der Waals surface area contributed by atoms with Gasteiger partial charge in [-0.2, -0.15) is 0 Å². The van der Waals surface area contributed by atoms with E-state index in [1.165, 1.54) is 11.8 Å². The first-order valence-electron chi connectivity index (χ1n) is 4.33. The topological polar surface area (TPSA) is 38.7 Å². The monoisotopic (exact) mass is 237 g/mol. The molecule has 0 fully saturated rings. The summed E-state index contributed by atoms with van der Waals surface area (Å²) in [6, 6.07) is 7.55. The van der Waals surface area contributed by atoms with Crippen LogP contribution in [-0.2, 0) is 0 Å². The Kier molecular flexibility index (Phi) is 3.53. The Balaban J connectivity index is 2.33. The fourth-order valence-electron chi connectivity index (χ4n) is 1.12. The van der Waals surface area contributed by atoms with Crippen LogP contribution in [0.3, 0.4) is 0 Å². The van der Waals surface area contributed by atoms with Crippen molar-refractivity contribution in [2.75, 3.05) is 5.21 Å². The van der Waals surface area contributed by atoms with E-state index >= 15 is 0 Å². The molecule has 0 aliphatic rings. The molecule has 0 bridgehead atoms. The molecule has 0 saturated carbocycles. The molecule has 2 aromatic rings. The Morgan fingerprint density at radius 3 is 2.73 bits per heavy atom. The summed E-state index contributed by atoms with van der Waals surface area (Å²) < 4.78 is 0. The lowest BCUT2D eigenvalue weighted by molar-refractivity contribution is 0.970. The Morgan fingerprint density at radius 2 is 2.00 bits per heavy atom. The lowest BCUT2D eigenvalue weighted by Gasteiger charge is -2.00.